The van der Waals surface area contributed by atoms with Crippen molar-refractivity contribution in [2.45, 2.75) is 20.0 Å². The third-order valence-electron chi connectivity index (χ3n) is 2.27. The van der Waals surface area contributed by atoms with Crippen molar-refractivity contribution >= 4 is 11.7 Å². The van der Waals surface area contributed by atoms with Gasteiger partial charge in [0.25, 0.3) is 5.91 Å². The van der Waals surface area contributed by atoms with Crippen molar-refractivity contribution in [2.75, 3.05) is 7.11 Å². The standard InChI is InChI=1S/C12H15NO4/c1-7(14)9-4-5-10(11(6-9)16-3)17-8(2)12(13)15/h4-6,8H,1-3H3,(H2,13,15)/t8-/m1/s1. The number of methoxy groups -OCH3 is 1. The zero-order valence-electron chi connectivity index (χ0n) is 10.0. The fourth-order valence-corrected chi connectivity index (χ4v) is 1.23. The highest BCUT2D eigenvalue weighted by atomic mass is 16.5. The van der Waals surface area contributed by atoms with Gasteiger partial charge in [-0.25, -0.2) is 0 Å². The van der Waals surface area contributed by atoms with Gasteiger partial charge in [0.2, 0.25) is 0 Å². The lowest BCUT2D eigenvalue weighted by atomic mass is 10.1. The van der Waals surface area contributed by atoms with Crippen LogP contribution in [0.25, 0.3) is 0 Å². The van der Waals surface area contributed by atoms with Gasteiger partial charge >= 0.3 is 0 Å². The summed E-state index contributed by atoms with van der Waals surface area (Å²) in [5.74, 6) is 0.134. The Hall–Kier alpha value is -2.04. The van der Waals surface area contributed by atoms with Gasteiger partial charge in [0.15, 0.2) is 23.4 Å². The van der Waals surface area contributed by atoms with Crippen LogP contribution in [-0.4, -0.2) is 24.9 Å². The lowest BCUT2D eigenvalue weighted by Gasteiger charge is -2.14. The number of Topliss-reactive ketones (excluding diaryl/α,β-unsaturated/α-hetero) is 1. The molecule has 0 saturated heterocycles. The van der Waals surface area contributed by atoms with Crippen molar-refractivity contribution < 1.29 is 19.1 Å². The summed E-state index contributed by atoms with van der Waals surface area (Å²) >= 11 is 0. The van der Waals surface area contributed by atoms with E-state index in [0.717, 1.165) is 0 Å². The van der Waals surface area contributed by atoms with Gasteiger partial charge in [-0.1, -0.05) is 0 Å². The average molecular weight is 237 g/mol. The Kier molecular flexibility index (Phi) is 4.09. The topological polar surface area (TPSA) is 78.6 Å². The summed E-state index contributed by atoms with van der Waals surface area (Å²) in [5, 5.41) is 0. The van der Waals surface area contributed by atoms with Crippen LogP contribution in [0.2, 0.25) is 0 Å². The van der Waals surface area contributed by atoms with E-state index in [2.05, 4.69) is 0 Å². The minimum atomic E-state index is -0.757. The van der Waals surface area contributed by atoms with Crippen molar-refractivity contribution in [1.29, 1.82) is 0 Å². The first-order chi connectivity index (χ1) is 7.95. The van der Waals surface area contributed by atoms with Crippen LogP contribution in [-0.2, 0) is 4.79 Å². The molecule has 17 heavy (non-hydrogen) atoms. The number of amides is 1. The number of hydrogen-bond acceptors (Lipinski definition) is 4. The largest absolute Gasteiger partial charge is 0.493 e. The first-order valence-electron chi connectivity index (χ1n) is 5.10. The molecule has 0 aliphatic heterocycles. The molecule has 0 heterocycles. The Bertz CT molecular complexity index is 442. The van der Waals surface area contributed by atoms with E-state index in [1.807, 2.05) is 0 Å². The minimum absolute atomic E-state index is 0.0715. The molecule has 0 spiro atoms. The van der Waals surface area contributed by atoms with E-state index in [1.165, 1.54) is 14.0 Å². The normalized spacial score (nSPS) is 11.7. The number of nitrogens with two attached hydrogens (primary N) is 1. The predicted molar refractivity (Wildman–Crippen MR) is 62.3 cm³/mol. The van der Waals surface area contributed by atoms with Crippen LogP contribution in [0.15, 0.2) is 18.2 Å². The number of rotatable bonds is 5. The van der Waals surface area contributed by atoms with E-state index in [4.69, 9.17) is 15.2 Å². The molecule has 5 nitrogen and oxygen atoms in total. The smallest absolute Gasteiger partial charge is 0.258 e. The molecule has 0 aliphatic carbocycles. The van der Waals surface area contributed by atoms with Crippen LogP contribution < -0.4 is 15.2 Å². The van der Waals surface area contributed by atoms with Crippen molar-refractivity contribution in [2.24, 2.45) is 5.73 Å². The van der Waals surface area contributed by atoms with Crippen LogP contribution in [0.1, 0.15) is 24.2 Å². The SMILES string of the molecule is COc1cc(C(C)=O)ccc1O[C@H](C)C(N)=O. The highest BCUT2D eigenvalue weighted by Crippen LogP contribution is 2.29. The van der Waals surface area contributed by atoms with Gasteiger partial charge in [0.1, 0.15) is 0 Å². The Morgan fingerprint density at radius 3 is 2.41 bits per heavy atom. The van der Waals surface area contributed by atoms with Gasteiger partial charge in [-0.05, 0) is 32.0 Å². The van der Waals surface area contributed by atoms with Crippen LogP contribution in [0, 0.1) is 0 Å². The number of primary amides is 1. The first-order valence-corrected chi connectivity index (χ1v) is 5.10. The number of ketones is 1. The Labute approximate surface area is 99.5 Å². The zero-order valence-corrected chi connectivity index (χ0v) is 10.0. The highest BCUT2D eigenvalue weighted by molar-refractivity contribution is 5.94. The minimum Gasteiger partial charge on any atom is -0.493 e. The molecule has 0 aliphatic rings. The van der Waals surface area contributed by atoms with Gasteiger partial charge in [-0.15, -0.1) is 0 Å². The molecule has 0 unspecified atom stereocenters. The van der Waals surface area contributed by atoms with E-state index in [-0.39, 0.29) is 5.78 Å². The van der Waals surface area contributed by atoms with Crippen molar-refractivity contribution in [1.82, 2.24) is 0 Å². The fourth-order valence-electron chi connectivity index (χ4n) is 1.23. The summed E-state index contributed by atoms with van der Waals surface area (Å²) in [5.41, 5.74) is 5.61. The van der Waals surface area contributed by atoms with Crippen LogP contribution in [0.4, 0.5) is 0 Å². The van der Waals surface area contributed by atoms with E-state index in [9.17, 15) is 9.59 Å². The number of benzene rings is 1. The monoisotopic (exact) mass is 237 g/mol. The molecule has 0 fully saturated rings. The molecular formula is C12H15NO4. The van der Waals surface area contributed by atoms with Gasteiger partial charge < -0.3 is 15.2 Å². The van der Waals surface area contributed by atoms with Gasteiger partial charge in [0.05, 0.1) is 7.11 Å². The first kappa shape index (κ1) is 13.0. The van der Waals surface area contributed by atoms with E-state index < -0.39 is 12.0 Å². The number of carbonyl (C=O) groups excluding carboxylic acids is 2. The van der Waals surface area contributed by atoms with Crippen LogP contribution in [0.3, 0.4) is 0 Å². The molecule has 0 saturated carbocycles. The molecule has 0 aromatic heterocycles. The van der Waals surface area contributed by atoms with Crippen molar-refractivity contribution in [3.8, 4) is 11.5 Å². The molecule has 1 amide bonds. The van der Waals surface area contributed by atoms with Crippen LogP contribution in [0.5, 0.6) is 11.5 Å². The average Bonchev–Trinajstić information content (AvgIpc) is 2.28. The number of hydrogen-bond donors (Lipinski definition) is 1. The summed E-state index contributed by atoms with van der Waals surface area (Å²) in [6.45, 7) is 3.00. The van der Waals surface area contributed by atoms with Crippen LogP contribution >= 0.6 is 0 Å². The van der Waals surface area contributed by atoms with Gasteiger partial charge in [0, 0.05) is 5.56 Å². The molecule has 0 bridgehead atoms. The molecule has 92 valence electrons. The second-order valence-corrected chi connectivity index (χ2v) is 3.58. The Morgan fingerprint density at radius 1 is 1.29 bits per heavy atom. The lowest BCUT2D eigenvalue weighted by Crippen LogP contribution is -2.30. The molecule has 0 radical (unpaired) electrons. The summed E-state index contributed by atoms with van der Waals surface area (Å²) in [7, 11) is 1.46. The number of carbonyl (C=O) groups is 2. The summed E-state index contributed by atoms with van der Waals surface area (Å²) < 4.78 is 10.4. The molecule has 5 heteroatoms. The molecule has 1 aromatic carbocycles. The summed E-state index contributed by atoms with van der Waals surface area (Å²) in [4.78, 5) is 22.1. The summed E-state index contributed by atoms with van der Waals surface area (Å²) in [6, 6.07) is 4.74. The quantitative estimate of drug-likeness (QED) is 0.779. The Balaban J connectivity index is 3.00. The highest BCUT2D eigenvalue weighted by Gasteiger charge is 2.14. The third kappa shape index (κ3) is 3.21. The van der Waals surface area contributed by atoms with Gasteiger partial charge in [-0.2, -0.15) is 0 Å². The second-order valence-electron chi connectivity index (χ2n) is 3.58. The number of ether oxygens (including phenoxy) is 2. The summed E-state index contributed by atoms with van der Waals surface area (Å²) in [6.07, 6.45) is -0.757. The van der Waals surface area contributed by atoms with E-state index in [1.54, 1.807) is 25.1 Å². The van der Waals surface area contributed by atoms with E-state index in [0.29, 0.717) is 17.1 Å². The predicted octanol–water partition coefficient (Wildman–Crippen LogP) is 1.15. The molecule has 1 aromatic rings. The second kappa shape index (κ2) is 5.34. The molecular weight excluding hydrogens is 222 g/mol. The maximum atomic E-state index is 11.2. The molecule has 1 atom stereocenters. The maximum Gasteiger partial charge on any atom is 0.258 e. The Morgan fingerprint density at radius 2 is 1.94 bits per heavy atom. The molecule has 2 N–H and O–H groups in total. The third-order valence-corrected chi connectivity index (χ3v) is 2.27. The van der Waals surface area contributed by atoms with Crippen molar-refractivity contribution in [3.05, 3.63) is 23.8 Å². The van der Waals surface area contributed by atoms with Gasteiger partial charge in [-0.3, -0.25) is 9.59 Å². The maximum absolute atomic E-state index is 11.2. The lowest BCUT2D eigenvalue weighted by molar-refractivity contribution is -0.124. The van der Waals surface area contributed by atoms with Crippen molar-refractivity contribution in [3.63, 3.8) is 0 Å². The zero-order chi connectivity index (χ0) is 13.0. The fraction of sp³-hybridized carbons (Fsp3) is 0.333. The molecule has 1 rings (SSSR count). The van der Waals surface area contributed by atoms with E-state index >= 15 is 0 Å².